The van der Waals surface area contributed by atoms with Crippen LogP contribution in [0.2, 0.25) is 0 Å². The Bertz CT molecular complexity index is 709. The van der Waals surface area contributed by atoms with Gasteiger partial charge in [0.15, 0.2) is 0 Å². The summed E-state index contributed by atoms with van der Waals surface area (Å²) >= 11 is 0. The molecule has 4 heteroatoms. The molecular formula is C22H28N4. The van der Waals surface area contributed by atoms with E-state index in [1.165, 1.54) is 44.1 Å². The predicted molar refractivity (Wildman–Crippen MR) is 103 cm³/mol. The molecule has 0 spiro atoms. The van der Waals surface area contributed by atoms with Gasteiger partial charge in [-0.2, -0.15) is 5.26 Å². The monoisotopic (exact) mass is 348 g/mol. The second kappa shape index (κ2) is 8.42. The number of pyridine rings is 2. The number of rotatable bonds is 3. The minimum Gasteiger partial charge on any atom is -0.330 e. The summed E-state index contributed by atoms with van der Waals surface area (Å²) in [5.41, 5.74) is 8.31. The second-order valence-electron chi connectivity index (χ2n) is 7.58. The van der Waals surface area contributed by atoms with Gasteiger partial charge in [0.25, 0.3) is 0 Å². The molecule has 2 N–H and O–H groups in total. The van der Waals surface area contributed by atoms with E-state index in [2.05, 4.69) is 22.1 Å². The number of nitrogens with two attached hydrogens (primary N) is 1. The standard InChI is InChI=1S/C11H16N2.C11H12N2/c2*12-9-11(5-1-2-6-11)10-4-3-7-13-8-10/h3-4,7-8H,1-2,5-6,9,12H2;3-4,7-8H,1-2,5-6H2. The molecule has 2 fully saturated rings. The molecule has 2 aliphatic carbocycles. The molecule has 2 aromatic heterocycles. The summed E-state index contributed by atoms with van der Waals surface area (Å²) in [5, 5.41) is 9.19. The molecule has 2 saturated carbocycles. The fourth-order valence-electron chi connectivity index (χ4n) is 4.43. The van der Waals surface area contributed by atoms with Crippen LogP contribution >= 0.6 is 0 Å². The summed E-state index contributed by atoms with van der Waals surface area (Å²) in [6, 6.07) is 10.5. The molecule has 2 aliphatic rings. The van der Waals surface area contributed by atoms with Gasteiger partial charge in [-0.25, -0.2) is 0 Å². The zero-order valence-corrected chi connectivity index (χ0v) is 15.4. The van der Waals surface area contributed by atoms with E-state index in [9.17, 15) is 5.26 Å². The van der Waals surface area contributed by atoms with Crippen LogP contribution in [-0.4, -0.2) is 16.5 Å². The van der Waals surface area contributed by atoms with Crippen molar-refractivity contribution in [3.63, 3.8) is 0 Å². The number of nitriles is 1. The van der Waals surface area contributed by atoms with Crippen molar-refractivity contribution in [3.8, 4) is 6.07 Å². The lowest BCUT2D eigenvalue weighted by Gasteiger charge is -2.27. The number of hydrogen-bond acceptors (Lipinski definition) is 4. The third-order valence-electron chi connectivity index (χ3n) is 6.11. The summed E-state index contributed by atoms with van der Waals surface area (Å²) in [4.78, 5) is 8.24. The number of hydrogen-bond donors (Lipinski definition) is 1. The predicted octanol–water partition coefficient (Wildman–Crippen LogP) is 4.27. The Morgan fingerprint density at radius 3 is 1.88 bits per heavy atom. The average molecular weight is 348 g/mol. The Labute approximate surface area is 156 Å². The maximum absolute atomic E-state index is 9.19. The van der Waals surface area contributed by atoms with Gasteiger partial charge in [-0.3, -0.25) is 9.97 Å². The van der Waals surface area contributed by atoms with Gasteiger partial charge in [0.1, 0.15) is 0 Å². The van der Waals surface area contributed by atoms with E-state index in [-0.39, 0.29) is 10.8 Å². The van der Waals surface area contributed by atoms with Gasteiger partial charge < -0.3 is 5.73 Å². The van der Waals surface area contributed by atoms with Crippen LogP contribution in [0.25, 0.3) is 0 Å². The zero-order chi connectivity index (χ0) is 18.3. The lowest BCUT2D eigenvalue weighted by atomic mass is 9.80. The molecule has 0 bridgehead atoms. The third kappa shape index (κ3) is 3.78. The SMILES string of the molecule is N#CC1(c2cccnc2)CCCC1.NCC1(c2cccnc2)CCCC1. The van der Waals surface area contributed by atoms with Crippen LogP contribution in [0.1, 0.15) is 62.5 Å². The van der Waals surface area contributed by atoms with Crippen LogP contribution in [0, 0.1) is 11.3 Å². The minimum atomic E-state index is -0.228. The van der Waals surface area contributed by atoms with E-state index < -0.39 is 0 Å². The van der Waals surface area contributed by atoms with Crippen LogP contribution in [0.4, 0.5) is 0 Å². The van der Waals surface area contributed by atoms with Crippen LogP contribution in [0.15, 0.2) is 49.1 Å². The molecular weight excluding hydrogens is 320 g/mol. The molecule has 0 unspecified atom stereocenters. The highest BCUT2D eigenvalue weighted by Crippen LogP contribution is 2.40. The van der Waals surface area contributed by atoms with Gasteiger partial charge >= 0.3 is 0 Å². The average Bonchev–Trinajstić information content (AvgIpc) is 3.41. The first-order valence-corrected chi connectivity index (χ1v) is 9.67. The van der Waals surface area contributed by atoms with Crippen molar-refractivity contribution in [1.29, 1.82) is 5.26 Å². The fraction of sp³-hybridized carbons (Fsp3) is 0.500. The summed E-state index contributed by atoms with van der Waals surface area (Å²) in [6.07, 6.45) is 16.8. The minimum absolute atomic E-state index is 0.228. The van der Waals surface area contributed by atoms with Crippen molar-refractivity contribution in [1.82, 2.24) is 9.97 Å². The fourth-order valence-corrected chi connectivity index (χ4v) is 4.43. The highest BCUT2D eigenvalue weighted by molar-refractivity contribution is 5.31. The zero-order valence-electron chi connectivity index (χ0n) is 15.4. The van der Waals surface area contributed by atoms with E-state index in [0.29, 0.717) is 0 Å². The maximum atomic E-state index is 9.19. The van der Waals surface area contributed by atoms with E-state index >= 15 is 0 Å². The first-order valence-electron chi connectivity index (χ1n) is 9.67. The van der Waals surface area contributed by atoms with E-state index in [1.807, 2.05) is 36.8 Å². The first kappa shape index (κ1) is 18.5. The molecule has 136 valence electrons. The van der Waals surface area contributed by atoms with Gasteiger partial charge in [-0.1, -0.05) is 37.8 Å². The van der Waals surface area contributed by atoms with Gasteiger partial charge in [-0.05, 0) is 48.9 Å². The van der Waals surface area contributed by atoms with Crippen molar-refractivity contribution in [2.45, 2.75) is 62.2 Å². The second-order valence-corrected chi connectivity index (χ2v) is 7.58. The molecule has 26 heavy (non-hydrogen) atoms. The summed E-state index contributed by atoms with van der Waals surface area (Å²) in [7, 11) is 0. The largest absolute Gasteiger partial charge is 0.330 e. The first-order chi connectivity index (χ1) is 12.7. The maximum Gasteiger partial charge on any atom is 0.0837 e. The normalized spacial score (nSPS) is 20.0. The lowest BCUT2D eigenvalue weighted by molar-refractivity contribution is 0.451. The molecule has 2 heterocycles. The van der Waals surface area contributed by atoms with Crippen molar-refractivity contribution in [3.05, 3.63) is 60.2 Å². The topological polar surface area (TPSA) is 75.6 Å². The smallest absolute Gasteiger partial charge is 0.0837 e. The van der Waals surface area contributed by atoms with Crippen LogP contribution in [0.5, 0.6) is 0 Å². The number of aromatic nitrogens is 2. The van der Waals surface area contributed by atoms with Crippen molar-refractivity contribution in [2.75, 3.05) is 6.54 Å². The number of nitrogens with zero attached hydrogens (tertiary/aromatic N) is 3. The Kier molecular flexibility index (Phi) is 6.00. The third-order valence-corrected chi connectivity index (χ3v) is 6.11. The Morgan fingerprint density at radius 1 is 0.885 bits per heavy atom. The van der Waals surface area contributed by atoms with Crippen molar-refractivity contribution in [2.24, 2.45) is 5.73 Å². The highest BCUT2D eigenvalue weighted by atomic mass is 14.7. The van der Waals surface area contributed by atoms with Gasteiger partial charge in [0.2, 0.25) is 0 Å². The van der Waals surface area contributed by atoms with Gasteiger partial charge in [0.05, 0.1) is 11.5 Å². The van der Waals surface area contributed by atoms with Gasteiger partial charge in [0, 0.05) is 36.7 Å². The van der Waals surface area contributed by atoms with Gasteiger partial charge in [-0.15, -0.1) is 0 Å². The molecule has 0 atom stereocenters. The van der Waals surface area contributed by atoms with Crippen molar-refractivity contribution >= 4 is 0 Å². The molecule has 0 amide bonds. The molecule has 0 radical (unpaired) electrons. The van der Waals surface area contributed by atoms with Crippen LogP contribution < -0.4 is 5.73 Å². The molecule has 4 rings (SSSR count). The Balaban J connectivity index is 0.000000151. The molecule has 4 nitrogen and oxygen atoms in total. The highest BCUT2D eigenvalue weighted by Gasteiger charge is 2.36. The molecule has 2 aromatic rings. The summed E-state index contributed by atoms with van der Waals surface area (Å²) < 4.78 is 0. The summed E-state index contributed by atoms with van der Waals surface area (Å²) in [5.74, 6) is 0. The molecule has 0 aliphatic heterocycles. The molecule has 0 saturated heterocycles. The molecule has 0 aromatic carbocycles. The van der Waals surface area contributed by atoms with E-state index in [4.69, 9.17) is 5.73 Å². The van der Waals surface area contributed by atoms with Crippen LogP contribution in [0.3, 0.4) is 0 Å². The Morgan fingerprint density at radius 2 is 1.42 bits per heavy atom. The summed E-state index contributed by atoms with van der Waals surface area (Å²) in [6.45, 7) is 0.763. The van der Waals surface area contributed by atoms with Crippen LogP contribution in [-0.2, 0) is 10.8 Å². The van der Waals surface area contributed by atoms with Crippen molar-refractivity contribution < 1.29 is 0 Å². The van der Waals surface area contributed by atoms with E-state index in [1.54, 1.807) is 6.20 Å². The lowest BCUT2D eigenvalue weighted by Crippen LogP contribution is -2.31. The van der Waals surface area contributed by atoms with E-state index in [0.717, 1.165) is 24.9 Å². The Hall–Kier alpha value is -2.25. The quantitative estimate of drug-likeness (QED) is 0.899.